The minimum atomic E-state index is -2.25. The summed E-state index contributed by atoms with van der Waals surface area (Å²) in [6.45, 7) is 1.68. The summed E-state index contributed by atoms with van der Waals surface area (Å²) >= 11 is 0. The van der Waals surface area contributed by atoms with Gasteiger partial charge < -0.3 is 9.47 Å². The van der Waals surface area contributed by atoms with Crippen LogP contribution in [0.25, 0.3) is 0 Å². The van der Waals surface area contributed by atoms with Gasteiger partial charge in [0.15, 0.2) is 23.3 Å². The van der Waals surface area contributed by atoms with Crippen molar-refractivity contribution in [2.75, 3.05) is 6.61 Å². The molecule has 218 valence electrons. The first-order valence-corrected chi connectivity index (χ1v) is 14.1. The number of ether oxygens (including phenoxy) is 2. The topological polar surface area (TPSA) is 52.6 Å². The highest BCUT2D eigenvalue weighted by Gasteiger charge is 2.26. The van der Waals surface area contributed by atoms with Crippen molar-refractivity contribution >= 4 is 11.9 Å². The Morgan fingerprint density at radius 3 is 1.34 bits per heavy atom. The maximum atomic E-state index is 13.6. The average Bonchev–Trinajstić information content (AvgIpc) is 2.90. The maximum absolute atomic E-state index is 13.6. The molecule has 0 heterocycles. The Morgan fingerprint density at radius 2 is 0.868 bits per heavy atom. The zero-order chi connectivity index (χ0) is 28.2. The fourth-order valence-corrected chi connectivity index (χ4v) is 4.10. The third-order valence-corrected chi connectivity index (χ3v) is 6.45. The largest absolute Gasteiger partial charge is 0.466 e. The Labute approximate surface area is 223 Å². The summed E-state index contributed by atoms with van der Waals surface area (Å²) < 4.78 is 76.5. The number of esters is 2. The molecule has 0 aromatic heterocycles. The molecular formula is C29H43F5O4. The molecule has 4 nitrogen and oxygen atoms in total. The van der Waals surface area contributed by atoms with Gasteiger partial charge in [-0.2, -0.15) is 0 Å². The van der Waals surface area contributed by atoms with Gasteiger partial charge in [0, 0.05) is 12.8 Å². The second-order valence-corrected chi connectivity index (χ2v) is 9.73. The van der Waals surface area contributed by atoms with Crippen molar-refractivity contribution in [3.63, 3.8) is 0 Å². The first kappa shape index (κ1) is 33.8. The monoisotopic (exact) mass is 550 g/mol. The molecule has 0 radical (unpaired) electrons. The summed E-state index contributed by atoms with van der Waals surface area (Å²) in [5, 5.41) is 0. The molecule has 0 aliphatic heterocycles. The number of hydrogen-bond donors (Lipinski definition) is 0. The standard InChI is InChI=1S/C29H43F5O4/c1-2-3-4-5-6-7-8-11-14-17-20-37-23(35)18-15-12-9-10-13-16-19-24(36)38-21-22-25(30)27(32)29(34)28(33)26(22)31/h2-21H2,1H3. The quantitative estimate of drug-likeness (QED) is 0.0475. The zero-order valence-corrected chi connectivity index (χ0v) is 22.7. The van der Waals surface area contributed by atoms with Crippen molar-refractivity contribution in [3.8, 4) is 0 Å². The van der Waals surface area contributed by atoms with E-state index in [-0.39, 0.29) is 12.4 Å². The lowest BCUT2D eigenvalue weighted by atomic mass is 10.1. The molecule has 0 aliphatic carbocycles. The van der Waals surface area contributed by atoms with Gasteiger partial charge in [0.1, 0.15) is 6.61 Å². The molecule has 0 spiro atoms. The van der Waals surface area contributed by atoms with Crippen LogP contribution in [-0.4, -0.2) is 18.5 Å². The molecule has 0 aliphatic rings. The van der Waals surface area contributed by atoms with Crippen molar-refractivity contribution in [3.05, 3.63) is 34.6 Å². The van der Waals surface area contributed by atoms with Gasteiger partial charge >= 0.3 is 11.9 Å². The fourth-order valence-electron chi connectivity index (χ4n) is 4.10. The van der Waals surface area contributed by atoms with Crippen LogP contribution in [0.5, 0.6) is 0 Å². The van der Waals surface area contributed by atoms with Gasteiger partial charge in [-0.3, -0.25) is 9.59 Å². The highest BCUT2D eigenvalue weighted by Crippen LogP contribution is 2.24. The van der Waals surface area contributed by atoms with Crippen LogP contribution in [-0.2, 0) is 25.7 Å². The molecule has 1 rings (SSSR count). The van der Waals surface area contributed by atoms with E-state index in [1.54, 1.807) is 0 Å². The molecule has 9 heteroatoms. The van der Waals surface area contributed by atoms with Crippen molar-refractivity contribution in [2.45, 2.75) is 129 Å². The zero-order valence-electron chi connectivity index (χ0n) is 22.7. The molecule has 0 fully saturated rings. The van der Waals surface area contributed by atoms with Gasteiger partial charge in [-0.15, -0.1) is 0 Å². The second-order valence-electron chi connectivity index (χ2n) is 9.73. The number of carbonyl (C=O) groups is 2. The van der Waals surface area contributed by atoms with E-state index in [4.69, 9.17) is 4.74 Å². The molecule has 0 N–H and O–H groups in total. The Balaban J connectivity index is 1.96. The summed E-state index contributed by atoms with van der Waals surface area (Å²) in [6, 6.07) is 0. The summed E-state index contributed by atoms with van der Waals surface area (Å²) in [5.41, 5.74) is -1.17. The van der Waals surface area contributed by atoms with E-state index in [9.17, 15) is 31.5 Å². The fraction of sp³-hybridized carbons (Fsp3) is 0.724. The van der Waals surface area contributed by atoms with E-state index >= 15 is 0 Å². The average molecular weight is 551 g/mol. The third kappa shape index (κ3) is 14.1. The molecule has 0 bridgehead atoms. The van der Waals surface area contributed by atoms with Gasteiger partial charge in [-0.25, -0.2) is 22.0 Å². The molecule has 0 atom stereocenters. The van der Waals surface area contributed by atoms with E-state index in [1.807, 2.05) is 0 Å². The van der Waals surface area contributed by atoms with Gasteiger partial charge in [0.25, 0.3) is 0 Å². The lowest BCUT2D eigenvalue weighted by Crippen LogP contribution is -2.11. The SMILES string of the molecule is CCCCCCCCCCCCOC(=O)CCCCCCCCC(=O)OCc1c(F)c(F)c(F)c(F)c1F. The Kier molecular flexibility index (Phi) is 18.5. The second kappa shape index (κ2) is 20.7. The first-order valence-electron chi connectivity index (χ1n) is 14.1. The number of benzene rings is 1. The van der Waals surface area contributed by atoms with Crippen LogP contribution < -0.4 is 0 Å². The van der Waals surface area contributed by atoms with Gasteiger partial charge in [-0.05, 0) is 19.3 Å². The number of halogens is 5. The molecule has 0 unspecified atom stereocenters. The normalized spacial score (nSPS) is 11.1. The van der Waals surface area contributed by atoms with E-state index < -0.39 is 47.2 Å². The number of carbonyl (C=O) groups excluding carboxylic acids is 2. The van der Waals surface area contributed by atoms with Crippen molar-refractivity contribution in [1.29, 1.82) is 0 Å². The molecule has 0 saturated heterocycles. The molecule has 0 amide bonds. The predicted molar refractivity (Wildman–Crippen MR) is 136 cm³/mol. The molecule has 38 heavy (non-hydrogen) atoms. The predicted octanol–water partition coefficient (Wildman–Crippen LogP) is 9.01. The van der Waals surface area contributed by atoms with Crippen molar-refractivity contribution in [2.24, 2.45) is 0 Å². The summed E-state index contributed by atoms with van der Waals surface area (Å²) in [6.07, 6.45) is 17.2. The minimum absolute atomic E-state index is 0.0271. The van der Waals surface area contributed by atoms with Gasteiger partial charge in [0.05, 0.1) is 12.2 Å². The summed E-state index contributed by atoms with van der Waals surface area (Å²) in [7, 11) is 0. The first-order chi connectivity index (χ1) is 18.3. The van der Waals surface area contributed by atoms with Crippen molar-refractivity contribution < 1.29 is 41.0 Å². The highest BCUT2D eigenvalue weighted by atomic mass is 19.2. The number of rotatable bonds is 22. The number of unbranched alkanes of at least 4 members (excludes halogenated alkanes) is 14. The Morgan fingerprint density at radius 1 is 0.500 bits per heavy atom. The van der Waals surface area contributed by atoms with Crippen LogP contribution in [0.3, 0.4) is 0 Å². The third-order valence-electron chi connectivity index (χ3n) is 6.45. The lowest BCUT2D eigenvalue weighted by molar-refractivity contribution is -0.145. The smallest absolute Gasteiger partial charge is 0.306 e. The summed E-state index contributed by atoms with van der Waals surface area (Å²) in [4.78, 5) is 23.5. The summed E-state index contributed by atoms with van der Waals surface area (Å²) in [5.74, 6) is -11.4. The lowest BCUT2D eigenvalue weighted by Gasteiger charge is -2.09. The Hall–Kier alpha value is -2.19. The van der Waals surface area contributed by atoms with Crippen LogP contribution in [0.15, 0.2) is 0 Å². The van der Waals surface area contributed by atoms with Gasteiger partial charge in [0.2, 0.25) is 5.82 Å². The molecule has 0 saturated carbocycles. The van der Waals surface area contributed by atoms with Crippen molar-refractivity contribution in [1.82, 2.24) is 0 Å². The number of hydrogen-bond acceptors (Lipinski definition) is 4. The van der Waals surface area contributed by atoms with Crippen LogP contribution in [0, 0.1) is 29.1 Å². The van der Waals surface area contributed by atoms with Crippen LogP contribution >= 0.6 is 0 Å². The minimum Gasteiger partial charge on any atom is -0.466 e. The van der Waals surface area contributed by atoms with Gasteiger partial charge in [-0.1, -0.05) is 90.4 Å². The molecule has 1 aromatic carbocycles. The molecular weight excluding hydrogens is 507 g/mol. The van der Waals surface area contributed by atoms with E-state index in [1.165, 1.54) is 51.4 Å². The van der Waals surface area contributed by atoms with E-state index in [0.29, 0.717) is 25.9 Å². The van der Waals surface area contributed by atoms with E-state index in [2.05, 4.69) is 11.7 Å². The maximum Gasteiger partial charge on any atom is 0.306 e. The van der Waals surface area contributed by atoms with Crippen LogP contribution in [0.4, 0.5) is 22.0 Å². The molecule has 1 aromatic rings. The van der Waals surface area contributed by atoms with Crippen LogP contribution in [0.2, 0.25) is 0 Å². The van der Waals surface area contributed by atoms with Crippen LogP contribution in [0.1, 0.15) is 128 Å². The van der Waals surface area contributed by atoms with E-state index in [0.717, 1.165) is 38.5 Å². The highest BCUT2D eigenvalue weighted by molar-refractivity contribution is 5.69. The Bertz CT molecular complexity index is 803.